The van der Waals surface area contributed by atoms with Crippen LogP contribution in [-0.2, 0) is 14.3 Å². The largest absolute Gasteiger partial charge is 0.466 e. The van der Waals surface area contributed by atoms with E-state index in [0.717, 1.165) is 57.8 Å². The lowest BCUT2D eigenvalue weighted by Crippen LogP contribution is -2.45. The van der Waals surface area contributed by atoms with Gasteiger partial charge in [0.25, 0.3) is 0 Å². The Labute approximate surface area is 556 Å². The number of allylic oxidation sites excluding steroid dienone is 9. The van der Waals surface area contributed by atoms with Crippen LogP contribution in [0.1, 0.15) is 431 Å². The van der Waals surface area contributed by atoms with Crippen LogP contribution >= 0.6 is 0 Å². The fourth-order valence-corrected chi connectivity index (χ4v) is 12.4. The Balaban J connectivity index is 3.40. The van der Waals surface area contributed by atoms with E-state index in [9.17, 15) is 19.8 Å². The normalized spacial score (nSPS) is 12.8. The van der Waals surface area contributed by atoms with Crippen molar-refractivity contribution in [3.63, 3.8) is 0 Å². The van der Waals surface area contributed by atoms with Gasteiger partial charge >= 0.3 is 5.97 Å². The highest BCUT2D eigenvalue weighted by atomic mass is 16.5. The second-order valence-corrected chi connectivity index (χ2v) is 27.4. The van der Waals surface area contributed by atoms with Gasteiger partial charge in [-0.3, -0.25) is 9.59 Å². The van der Waals surface area contributed by atoms with Crippen LogP contribution in [0, 0.1) is 0 Å². The molecule has 0 radical (unpaired) electrons. The van der Waals surface area contributed by atoms with Crippen LogP contribution in [0.2, 0.25) is 0 Å². The van der Waals surface area contributed by atoms with Crippen LogP contribution in [-0.4, -0.2) is 47.4 Å². The lowest BCUT2D eigenvalue weighted by molar-refractivity contribution is -0.143. The molecular formula is C83H155NO5. The van der Waals surface area contributed by atoms with E-state index in [0.29, 0.717) is 19.4 Å². The molecule has 1 amide bonds. The van der Waals surface area contributed by atoms with Gasteiger partial charge in [-0.15, -0.1) is 0 Å². The predicted octanol–water partition coefficient (Wildman–Crippen LogP) is 26.5. The van der Waals surface area contributed by atoms with E-state index in [4.69, 9.17) is 4.74 Å². The smallest absolute Gasteiger partial charge is 0.305 e. The molecule has 0 aliphatic carbocycles. The van der Waals surface area contributed by atoms with Crippen LogP contribution in [0.4, 0.5) is 0 Å². The molecule has 0 aliphatic rings. The molecular weight excluding hydrogens is 1090 g/mol. The Kier molecular flexibility index (Phi) is 75.9. The second kappa shape index (κ2) is 78.0. The highest BCUT2D eigenvalue weighted by Crippen LogP contribution is 2.19. The number of ether oxygens (including phenoxy) is 1. The molecule has 3 N–H and O–H groups in total. The quantitative estimate of drug-likeness (QED) is 0.0320. The van der Waals surface area contributed by atoms with Gasteiger partial charge in [0.2, 0.25) is 5.91 Å². The van der Waals surface area contributed by atoms with E-state index in [1.165, 1.54) is 347 Å². The van der Waals surface area contributed by atoms with E-state index in [1.807, 2.05) is 6.08 Å². The zero-order valence-electron chi connectivity index (χ0n) is 59.9. The van der Waals surface area contributed by atoms with Crippen molar-refractivity contribution >= 4 is 11.9 Å². The Bertz CT molecular complexity index is 1530. The van der Waals surface area contributed by atoms with Crippen molar-refractivity contribution in [2.45, 2.75) is 443 Å². The van der Waals surface area contributed by atoms with Crippen molar-refractivity contribution in [1.29, 1.82) is 0 Å². The first-order valence-electron chi connectivity index (χ1n) is 40.1. The third-order valence-electron chi connectivity index (χ3n) is 18.5. The van der Waals surface area contributed by atoms with Gasteiger partial charge < -0.3 is 20.3 Å². The molecule has 0 bridgehead atoms. The Hall–Kier alpha value is -2.44. The molecule has 522 valence electrons. The van der Waals surface area contributed by atoms with Crippen molar-refractivity contribution in [3.8, 4) is 0 Å². The summed E-state index contributed by atoms with van der Waals surface area (Å²) in [6, 6.07) is -0.628. The molecule has 6 nitrogen and oxygen atoms in total. The maximum Gasteiger partial charge on any atom is 0.305 e. The second-order valence-electron chi connectivity index (χ2n) is 27.4. The molecule has 6 heteroatoms. The lowest BCUT2D eigenvalue weighted by atomic mass is 10.0. The summed E-state index contributed by atoms with van der Waals surface area (Å²) in [5.41, 5.74) is 0. The summed E-state index contributed by atoms with van der Waals surface area (Å²) in [5, 5.41) is 23.3. The molecule has 0 rings (SSSR count). The Morgan fingerprint density at radius 3 is 0.888 bits per heavy atom. The monoisotopic (exact) mass is 1250 g/mol. The number of hydrogen-bond acceptors (Lipinski definition) is 5. The number of nitrogens with one attached hydrogen (secondary N) is 1. The summed E-state index contributed by atoms with van der Waals surface area (Å²) >= 11 is 0. The molecule has 89 heavy (non-hydrogen) atoms. The highest BCUT2D eigenvalue weighted by molar-refractivity contribution is 5.76. The number of unbranched alkanes of at least 4 members (excludes halogenated alkanes) is 56. The van der Waals surface area contributed by atoms with Gasteiger partial charge in [0.1, 0.15) is 0 Å². The molecule has 0 aromatic carbocycles. The van der Waals surface area contributed by atoms with Gasteiger partial charge in [0.05, 0.1) is 25.4 Å². The minimum atomic E-state index is -0.845. The maximum atomic E-state index is 12.6. The molecule has 0 aromatic rings. The van der Waals surface area contributed by atoms with Gasteiger partial charge in [-0.1, -0.05) is 389 Å². The number of esters is 1. The zero-order valence-corrected chi connectivity index (χ0v) is 59.9. The molecule has 0 saturated carbocycles. The molecule has 2 atom stereocenters. The molecule has 0 saturated heterocycles. The average Bonchev–Trinajstić information content (AvgIpc) is 3.64. The molecule has 0 aliphatic heterocycles. The van der Waals surface area contributed by atoms with Crippen molar-refractivity contribution in [2.75, 3.05) is 13.2 Å². The number of aliphatic hydroxyl groups excluding tert-OH is 2. The Morgan fingerprint density at radius 1 is 0.315 bits per heavy atom. The SMILES string of the molecule is CCCC/C=C\C/C=C\CCCCCCCC(=O)OCCCCCCCCCCCCC/C=C\C/C=C\CCCCCCCCCCCCCCCCCCCC(=O)NC(CO)C(O)/C=C/CCCCCCCCCCCCCCCCCCCCCCC. The third kappa shape index (κ3) is 74.5. The minimum Gasteiger partial charge on any atom is -0.466 e. The average molecular weight is 1250 g/mol. The first-order chi connectivity index (χ1) is 44.0. The summed E-state index contributed by atoms with van der Waals surface area (Å²) in [6.07, 6.45) is 105. The zero-order chi connectivity index (χ0) is 64.2. The van der Waals surface area contributed by atoms with Crippen LogP contribution in [0.3, 0.4) is 0 Å². The van der Waals surface area contributed by atoms with Gasteiger partial charge in [-0.2, -0.15) is 0 Å². The van der Waals surface area contributed by atoms with Crippen molar-refractivity contribution < 1.29 is 24.5 Å². The first kappa shape index (κ1) is 86.6. The van der Waals surface area contributed by atoms with Crippen molar-refractivity contribution in [3.05, 3.63) is 60.8 Å². The molecule has 0 fully saturated rings. The summed E-state index contributed by atoms with van der Waals surface area (Å²) in [7, 11) is 0. The fourth-order valence-electron chi connectivity index (χ4n) is 12.4. The summed E-state index contributed by atoms with van der Waals surface area (Å²) < 4.78 is 5.48. The number of aliphatic hydroxyl groups is 2. The molecule has 0 aromatic heterocycles. The van der Waals surface area contributed by atoms with Gasteiger partial charge in [-0.05, 0) is 89.9 Å². The van der Waals surface area contributed by atoms with E-state index < -0.39 is 12.1 Å². The number of carbonyl (C=O) groups is 2. The number of amides is 1. The van der Waals surface area contributed by atoms with Crippen LogP contribution in [0.15, 0.2) is 60.8 Å². The summed E-state index contributed by atoms with van der Waals surface area (Å²) in [6.45, 7) is 4.90. The molecule has 0 spiro atoms. The number of rotatable bonds is 75. The van der Waals surface area contributed by atoms with Crippen LogP contribution in [0.5, 0.6) is 0 Å². The number of carbonyl (C=O) groups excluding carboxylic acids is 2. The van der Waals surface area contributed by atoms with E-state index in [-0.39, 0.29) is 18.5 Å². The van der Waals surface area contributed by atoms with Crippen LogP contribution < -0.4 is 5.32 Å². The van der Waals surface area contributed by atoms with E-state index in [1.54, 1.807) is 6.08 Å². The topological polar surface area (TPSA) is 95.9 Å². The third-order valence-corrected chi connectivity index (χ3v) is 18.5. The van der Waals surface area contributed by atoms with E-state index >= 15 is 0 Å². The van der Waals surface area contributed by atoms with Crippen molar-refractivity contribution in [2.24, 2.45) is 0 Å². The van der Waals surface area contributed by atoms with Gasteiger partial charge in [-0.25, -0.2) is 0 Å². The number of hydrogen-bond donors (Lipinski definition) is 3. The van der Waals surface area contributed by atoms with Gasteiger partial charge in [0.15, 0.2) is 0 Å². The predicted molar refractivity (Wildman–Crippen MR) is 393 cm³/mol. The van der Waals surface area contributed by atoms with E-state index in [2.05, 4.69) is 67.8 Å². The maximum absolute atomic E-state index is 12.6. The lowest BCUT2D eigenvalue weighted by Gasteiger charge is -2.20. The standard InChI is InChI=1S/C83H155NO5/c1-3-5-7-9-11-13-15-17-19-20-21-22-36-39-42-45-48-51-55-59-63-67-71-75-81(86)80(79-85)84-82(87)76-72-68-64-60-56-52-49-46-43-40-37-34-32-30-28-26-24-23-25-27-29-31-33-35-38-41-44-47-50-54-58-62-66-70-74-78-89-83(88)77-73-69-65-61-57-53-18-16-14-12-10-8-6-4-2/h10,12,16,18,25,27,31,33,71,75,80-81,85-86H,3-9,11,13-15,17,19-24,26,28-30,32,34-70,72-74,76-79H2,1-2H3,(H,84,87)/b12-10-,18-16-,27-25-,33-31-,75-71+. The minimum absolute atomic E-state index is 0.00202. The van der Waals surface area contributed by atoms with Gasteiger partial charge in [0, 0.05) is 12.8 Å². The summed E-state index contributed by atoms with van der Waals surface area (Å²) in [4.78, 5) is 24.6. The Morgan fingerprint density at radius 2 is 0.573 bits per heavy atom. The van der Waals surface area contributed by atoms with Crippen molar-refractivity contribution in [1.82, 2.24) is 5.32 Å². The first-order valence-corrected chi connectivity index (χ1v) is 40.1. The molecule has 2 unspecified atom stereocenters. The molecule has 0 heterocycles. The summed E-state index contributed by atoms with van der Waals surface area (Å²) in [5.74, 6) is -0.0595. The fraction of sp³-hybridized carbons (Fsp3) is 0.855. The van der Waals surface area contributed by atoms with Crippen LogP contribution in [0.25, 0.3) is 0 Å². The highest BCUT2D eigenvalue weighted by Gasteiger charge is 2.18.